The predicted octanol–water partition coefficient (Wildman–Crippen LogP) is 13.5. The van der Waals surface area contributed by atoms with E-state index in [-0.39, 0.29) is 5.41 Å². The fourth-order valence-electron chi connectivity index (χ4n) is 8.49. The molecule has 0 heterocycles. The smallest absolute Gasteiger partial charge is 0.0546 e. The van der Waals surface area contributed by atoms with E-state index in [1.807, 2.05) is 0 Å². The van der Waals surface area contributed by atoms with E-state index >= 15 is 0 Å². The highest BCUT2D eigenvalue weighted by Gasteiger charge is 2.36. The van der Waals surface area contributed by atoms with Gasteiger partial charge in [0.1, 0.15) is 0 Å². The minimum absolute atomic E-state index is 0.0754. The molecule has 0 bridgehead atoms. The van der Waals surface area contributed by atoms with Gasteiger partial charge < -0.3 is 4.90 Å². The Balaban J connectivity index is 1.40. The van der Waals surface area contributed by atoms with E-state index in [1.165, 1.54) is 104 Å². The van der Waals surface area contributed by atoms with Gasteiger partial charge in [0.05, 0.1) is 5.69 Å². The second-order valence-electron chi connectivity index (χ2n) is 14.6. The number of fused-ring (bicyclic) bond motifs is 4. The standard InChI is InChI=1S/C46H45N/c1-31(2)38-21-10-11-22-39(38)42-28-34-17-8-9-18-35(34)29-45(42)47(36-20-14-19-33(27-36)32-15-6-5-7-16-32)37-25-26-41-40-23-12-13-24-43(40)46(3,4)44(41)30-37/h8-14,17-32H,5-7,15-16H2,1-4H3. The molecular formula is C46H45N. The zero-order chi connectivity index (χ0) is 32.1. The molecule has 2 aliphatic rings. The Morgan fingerprint density at radius 1 is 0.553 bits per heavy atom. The monoisotopic (exact) mass is 611 g/mol. The molecule has 234 valence electrons. The van der Waals surface area contributed by atoms with E-state index in [0.717, 1.165) is 0 Å². The molecule has 8 rings (SSSR count). The summed E-state index contributed by atoms with van der Waals surface area (Å²) in [6.07, 6.45) is 6.61. The predicted molar refractivity (Wildman–Crippen MR) is 202 cm³/mol. The van der Waals surface area contributed by atoms with Crippen LogP contribution in [0.3, 0.4) is 0 Å². The van der Waals surface area contributed by atoms with Gasteiger partial charge in [-0.2, -0.15) is 0 Å². The molecule has 47 heavy (non-hydrogen) atoms. The van der Waals surface area contributed by atoms with Crippen molar-refractivity contribution in [3.8, 4) is 22.3 Å². The van der Waals surface area contributed by atoms with Gasteiger partial charge in [-0.3, -0.25) is 0 Å². The third-order valence-electron chi connectivity index (χ3n) is 11.0. The van der Waals surface area contributed by atoms with Gasteiger partial charge in [-0.1, -0.05) is 138 Å². The summed E-state index contributed by atoms with van der Waals surface area (Å²) in [5.41, 5.74) is 14.6. The Kier molecular flexibility index (Phi) is 7.52. The Hall–Kier alpha value is -4.62. The van der Waals surface area contributed by atoms with Gasteiger partial charge in [0, 0.05) is 22.4 Å². The van der Waals surface area contributed by atoms with Gasteiger partial charge in [0.15, 0.2) is 0 Å². The van der Waals surface area contributed by atoms with Crippen molar-refractivity contribution < 1.29 is 0 Å². The van der Waals surface area contributed by atoms with Crippen LogP contribution in [0.2, 0.25) is 0 Å². The molecule has 2 aliphatic carbocycles. The second kappa shape index (κ2) is 11.9. The van der Waals surface area contributed by atoms with Crippen molar-refractivity contribution in [3.63, 3.8) is 0 Å². The van der Waals surface area contributed by atoms with Gasteiger partial charge in [0.2, 0.25) is 0 Å². The number of anilines is 3. The van der Waals surface area contributed by atoms with E-state index in [0.29, 0.717) is 11.8 Å². The zero-order valence-corrected chi connectivity index (χ0v) is 28.3. The summed E-state index contributed by atoms with van der Waals surface area (Å²) in [7, 11) is 0. The maximum Gasteiger partial charge on any atom is 0.0546 e. The zero-order valence-electron chi connectivity index (χ0n) is 28.3. The topological polar surface area (TPSA) is 3.24 Å². The molecule has 0 radical (unpaired) electrons. The maximum atomic E-state index is 2.56. The van der Waals surface area contributed by atoms with E-state index in [4.69, 9.17) is 0 Å². The van der Waals surface area contributed by atoms with E-state index in [9.17, 15) is 0 Å². The third kappa shape index (κ3) is 5.17. The van der Waals surface area contributed by atoms with E-state index < -0.39 is 0 Å². The number of hydrogen-bond acceptors (Lipinski definition) is 1. The van der Waals surface area contributed by atoms with Crippen molar-refractivity contribution in [2.75, 3.05) is 4.90 Å². The normalized spacial score (nSPS) is 15.5. The number of hydrogen-bond donors (Lipinski definition) is 0. The Bertz CT molecular complexity index is 2090. The summed E-state index contributed by atoms with van der Waals surface area (Å²) < 4.78 is 0. The van der Waals surface area contributed by atoms with Gasteiger partial charge in [-0.05, 0) is 111 Å². The first-order valence-electron chi connectivity index (χ1n) is 17.7. The lowest BCUT2D eigenvalue weighted by atomic mass is 9.82. The fourth-order valence-corrected chi connectivity index (χ4v) is 8.49. The summed E-state index contributed by atoms with van der Waals surface area (Å²) in [4.78, 5) is 2.56. The first-order chi connectivity index (χ1) is 22.9. The molecule has 0 N–H and O–H groups in total. The maximum absolute atomic E-state index is 2.56. The van der Waals surface area contributed by atoms with Gasteiger partial charge >= 0.3 is 0 Å². The SMILES string of the molecule is CC(C)c1ccccc1-c1cc2ccccc2cc1N(c1cccc(C2CCCCC2)c1)c1ccc2c(c1)C(C)(C)c1ccccc1-2. The van der Waals surface area contributed by atoms with Gasteiger partial charge in [-0.15, -0.1) is 0 Å². The highest BCUT2D eigenvalue weighted by Crippen LogP contribution is 2.52. The van der Waals surface area contributed by atoms with Crippen LogP contribution in [0.25, 0.3) is 33.0 Å². The van der Waals surface area contributed by atoms with Crippen LogP contribution in [0.4, 0.5) is 17.1 Å². The molecule has 0 aromatic heterocycles. The number of rotatable bonds is 6. The number of nitrogens with zero attached hydrogens (tertiary/aromatic N) is 1. The molecule has 1 fully saturated rings. The van der Waals surface area contributed by atoms with Crippen LogP contribution in [0, 0.1) is 0 Å². The van der Waals surface area contributed by atoms with Crippen LogP contribution in [0.15, 0.2) is 127 Å². The Morgan fingerprint density at radius 3 is 2.00 bits per heavy atom. The van der Waals surface area contributed by atoms with Crippen LogP contribution in [-0.4, -0.2) is 0 Å². The van der Waals surface area contributed by atoms with Crippen molar-refractivity contribution in [2.45, 2.75) is 77.0 Å². The van der Waals surface area contributed by atoms with Crippen LogP contribution in [0.5, 0.6) is 0 Å². The molecule has 1 saturated carbocycles. The second-order valence-corrected chi connectivity index (χ2v) is 14.6. The average molecular weight is 612 g/mol. The molecule has 6 aromatic carbocycles. The molecular weight excluding hydrogens is 567 g/mol. The quantitative estimate of drug-likeness (QED) is 0.181. The lowest BCUT2D eigenvalue weighted by Gasteiger charge is -2.31. The summed E-state index contributed by atoms with van der Waals surface area (Å²) in [5, 5.41) is 2.53. The van der Waals surface area contributed by atoms with Gasteiger partial charge in [-0.25, -0.2) is 0 Å². The Labute approximate surface area is 280 Å². The first-order valence-corrected chi connectivity index (χ1v) is 17.7. The largest absolute Gasteiger partial charge is 0.310 e. The summed E-state index contributed by atoms with van der Waals surface area (Å²) in [6, 6.07) is 48.4. The summed E-state index contributed by atoms with van der Waals surface area (Å²) in [6.45, 7) is 9.39. The molecule has 0 unspecified atom stereocenters. The molecule has 6 aromatic rings. The molecule has 0 spiro atoms. The lowest BCUT2D eigenvalue weighted by Crippen LogP contribution is -2.17. The third-order valence-corrected chi connectivity index (χ3v) is 11.0. The minimum atomic E-state index is -0.0754. The van der Waals surface area contributed by atoms with Crippen molar-refractivity contribution >= 4 is 27.8 Å². The molecule has 0 amide bonds. The highest BCUT2D eigenvalue weighted by atomic mass is 15.1. The van der Waals surface area contributed by atoms with Crippen LogP contribution in [0.1, 0.15) is 93.9 Å². The van der Waals surface area contributed by atoms with E-state index in [1.54, 1.807) is 0 Å². The molecule has 0 atom stereocenters. The van der Waals surface area contributed by atoms with Crippen molar-refractivity contribution in [1.29, 1.82) is 0 Å². The Morgan fingerprint density at radius 2 is 1.21 bits per heavy atom. The molecule has 1 nitrogen and oxygen atoms in total. The molecule has 1 heteroatoms. The molecule has 0 aliphatic heterocycles. The lowest BCUT2D eigenvalue weighted by molar-refractivity contribution is 0.443. The van der Waals surface area contributed by atoms with Gasteiger partial charge in [0.25, 0.3) is 0 Å². The molecule has 0 saturated heterocycles. The van der Waals surface area contributed by atoms with Crippen molar-refractivity contribution in [3.05, 3.63) is 150 Å². The summed E-state index contributed by atoms with van der Waals surface area (Å²) in [5.74, 6) is 1.05. The highest BCUT2D eigenvalue weighted by molar-refractivity contribution is 5.99. The average Bonchev–Trinajstić information content (AvgIpc) is 3.34. The van der Waals surface area contributed by atoms with Crippen LogP contribution < -0.4 is 4.90 Å². The van der Waals surface area contributed by atoms with Crippen molar-refractivity contribution in [1.82, 2.24) is 0 Å². The van der Waals surface area contributed by atoms with E-state index in [2.05, 4.69) is 160 Å². The van der Waals surface area contributed by atoms with Crippen LogP contribution >= 0.6 is 0 Å². The van der Waals surface area contributed by atoms with Crippen molar-refractivity contribution in [2.24, 2.45) is 0 Å². The first kappa shape index (κ1) is 29.8. The fraction of sp³-hybridized carbons (Fsp3) is 0.261. The minimum Gasteiger partial charge on any atom is -0.310 e. The van der Waals surface area contributed by atoms with Crippen LogP contribution in [-0.2, 0) is 5.41 Å². The number of benzene rings is 6. The summed E-state index contributed by atoms with van der Waals surface area (Å²) >= 11 is 0.